The lowest BCUT2D eigenvalue weighted by atomic mass is 10.2. The van der Waals surface area contributed by atoms with Crippen LogP contribution in [0.4, 0.5) is 10.5 Å². The van der Waals surface area contributed by atoms with E-state index in [4.69, 9.17) is 4.74 Å². The first-order valence-corrected chi connectivity index (χ1v) is 7.69. The van der Waals surface area contributed by atoms with Crippen molar-refractivity contribution < 1.29 is 14.5 Å². The molecule has 1 amide bonds. The molecule has 0 aliphatic carbocycles. The monoisotopic (exact) mass is 340 g/mol. The van der Waals surface area contributed by atoms with Gasteiger partial charge >= 0.3 is 6.09 Å². The molecule has 0 atom stereocenters. The van der Waals surface area contributed by atoms with Gasteiger partial charge < -0.3 is 15.0 Å². The topological polar surface area (TPSA) is 110 Å². The second kappa shape index (κ2) is 7.43. The number of hydrogen-bond acceptors (Lipinski definition) is 5. The van der Waals surface area contributed by atoms with Crippen molar-refractivity contribution in [1.82, 2.24) is 15.3 Å². The summed E-state index contributed by atoms with van der Waals surface area (Å²) >= 11 is 0. The van der Waals surface area contributed by atoms with Crippen molar-refractivity contribution in [3.63, 3.8) is 0 Å². The van der Waals surface area contributed by atoms with Crippen LogP contribution in [0.5, 0.6) is 0 Å². The zero-order valence-corrected chi connectivity index (χ0v) is 13.3. The number of nitrogens with one attached hydrogen (secondary N) is 2. The Balaban J connectivity index is 1.49. The normalized spacial score (nSPS) is 10.6. The zero-order valence-electron chi connectivity index (χ0n) is 13.3. The maximum Gasteiger partial charge on any atom is 0.407 e. The lowest BCUT2D eigenvalue weighted by molar-refractivity contribution is -0.384. The second-order valence-electron chi connectivity index (χ2n) is 5.38. The fourth-order valence-corrected chi connectivity index (χ4v) is 2.34. The number of imidazole rings is 1. The molecule has 2 N–H and O–H groups in total. The van der Waals surface area contributed by atoms with E-state index >= 15 is 0 Å². The molecule has 0 unspecified atom stereocenters. The fraction of sp³-hybridized carbons (Fsp3) is 0.176. The van der Waals surface area contributed by atoms with E-state index in [1.54, 1.807) is 6.07 Å². The Morgan fingerprint density at radius 3 is 2.80 bits per heavy atom. The maximum atomic E-state index is 11.7. The number of ether oxygens (including phenoxy) is 1. The zero-order chi connectivity index (χ0) is 17.6. The fourth-order valence-electron chi connectivity index (χ4n) is 2.34. The Labute approximate surface area is 143 Å². The van der Waals surface area contributed by atoms with Crippen LogP contribution in [0.1, 0.15) is 11.4 Å². The third kappa shape index (κ3) is 4.31. The molecule has 128 valence electrons. The van der Waals surface area contributed by atoms with Crippen molar-refractivity contribution >= 4 is 22.8 Å². The molecular formula is C17H16N4O4. The highest BCUT2D eigenvalue weighted by atomic mass is 16.6. The standard InChI is InChI=1S/C17H16N4O4/c22-17(25-11-12-4-2-1-3-5-12)18-9-8-16-19-14-7-6-13(21(23)24)10-15(14)20-16/h1-7,10H,8-9,11H2,(H,18,22)(H,19,20). The van der Waals surface area contributed by atoms with Crippen LogP contribution in [-0.4, -0.2) is 27.5 Å². The largest absolute Gasteiger partial charge is 0.445 e. The van der Waals surface area contributed by atoms with Crippen molar-refractivity contribution in [2.24, 2.45) is 0 Å². The van der Waals surface area contributed by atoms with Crippen LogP contribution < -0.4 is 5.32 Å². The Hall–Kier alpha value is -3.42. The van der Waals surface area contributed by atoms with Gasteiger partial charge in [-0.25, -0.2) is 9.78 Å². The van der Waals surface area contributed by atoms with E-state index in [0.717, 1.165) is 5.56 Å². The molecule has 1 heterocycles. The summed E-state index contributed by atoms with van der Waals surface area (Å²) in [6, 6.07) is 13.8. The van der Waals surface area contributed by atoms with Gasteiger partial charge in [-0.05, 0) is 11.6 Å². The van der Waals surface area contributed by atoms with Gasteiger partial charge in [0.05, 0.1) is 16.0 Å². The molecule has 0 aliphatic rings. The lowest BCUT2D eigenvalue weighted by Gasteiger charge is -2.06. The van der Waals surface area contributed by atoms with Gasteiger partial charge in [0.1, 0.15) is 12.4 Å². The highest BCUT2D eigenvalue weighted by molar-refractivity contribution is 5.77. The first-order chi connectivity index (χ1) is 12.1. The highest BCUT2D eigenvalue weighted by Gasteiger charge is 2.10. The number of nitrogens with zero attached hydrogens (tertiary/aromatic N) is 2. The van der Waals surface area contributed by atoms with Gasteiger partial charge in [-0.2, -0.15) is 0 Å². The molecule has 1 aromatic heterocycles. The van der Waals surface area contributed by atoms with Gasteiger partial charge in [0, 0.05) is 25.1 Å². The van der Waals surface area contributed by atoms with Crippen LogP contribution in [0.15, 0.2) is 48.5 Å². The van der Waals surface area contributed by atoms with E-state index in [0.29, 0.717) is 29.8 Å². The minimum Gasteiger partial charge on any atom is -0.445 e. The van der Waals surface area contributed by atoms with Crippen LogP contribution in [0, 0.1) is 10.1 Å². The molecule has 0 saturated carbocycles. The van der Waals surface area contributed by atoms with E-state index in [9.17, 15) is 14.9 Å². The highest BCUT2D eigenvalue weighted by Crippen LogP contribution is 2.18. The molecule has 0 spiro atoms. The number of aromatic amines is 1. The number of benzene rings is 2. The van der Waals surface area contributed by atoms with Crippen molar-refractivity contribution in [1.29, 1.82) is 0 Å². The molecule has 8 nitrogen and oxygen atoms in total. The third-order valence-electron chi connectivity index (χ3n) is 3.57. The summed E-state index contributed by atoms with van der Waals surface area (Å²) < 4.78 is 5.11. The predicted molar refractivity (Wildman–Crippen MR) is 91.1 cm³/mol. The number of non-ortho nitro benzene ring substituents is 1. The second-order valence-corrected chi connectivity index (χ2v) is 5.38. The number of H-pyrrole nitrogens is 1. The summed E-state index contributed by atoms with van der Waals surface area (Å²) in [5.41, 5.74) is 2.16. The third-order valence-corrected chi connectivity index (χ3v) is 3.57. The summed E-state index contributed by atoms with van der Waals surface area (Å²) in [4.78, 5) is 29.3. The van der Waals surface area contributed by atoms with Crippen molar-refractivity contribution in [2.75, 3.05) is 6.54 Å². The van der Waals surface area contributed by atoms with Gasteiger partial charge in [-0.15, -0.1) is 0 Å². The van der Waals surface area contributed by atoms with Crippen LogP contribution in [0.25, 0.3) is 11.0 Å². The van der Waals surface area contributed by atoms with E-state index < -0.39 is 11.0 Å². The average Bonchev–Trinajstić information content (AvgIpc) is 3.02. The van der Waals surface area contributed by atoms with Crippen LogP contribution in [0.2, 0.25) is 0 Å². The number of fused-ring (bicyclic) bond motifs is 1. The minimum atomic E-state index is -0.504. The summed E-state index contributed by atoms with van der Waals surface area (Å²) in [5, 5.41) is 13.4. The molecule has 8 heteroatoms. The van der Waals surface area contributed by atoms with E-state index in [2.05, 4.69) is 15.3 Å². The molecule has 2 aromatic carbocycles. The van der Waals surface area contributed by atoms with Gasteiger partial charge in [0.25, 0.3) is 5.69 Å². The number of alkyl carbamates (subject to hydrolysis) is 1. The van der Waals surface area contributed by atoms with Crippen molar-refractivity contribution in [3.05, 3.63) is 70.0 Å². The summed E-state index contributed by atoms with van der Waals surface area (Å²) in [7, 11) is 0. The maximum absolute atomic E-state index is 11.7. The van der Waals surface area contributed by atoms with Crippen LogP contribution in [-0.2, 0) is 17.8 Å². The number of carbonyl (C=O) groups excluding carboxylic acids is 1. The number of rotatable bonds is 6. The Morgan fingerprint density at radius 2 is 2.04 bits per heavy atom. The summed E-state index contributed by atoms with van der Waals surface area (Å²) in [6.45, 7) is 0.552. The Morgan fingerprint density at radius 1 is 1.24 bits per heavy atom. The molecule has 0 radical (unpaired) electrons. The number of amides is 1. The molecule has 0 saturated heterocycles. The molecular weight excluding hydrogens is 324 g/mol. The summed E-state index contributed by atoms with van der Waals surface area (Å²) in [5.74, 6) is 0.638. The number of hydrogen-bond donors (Lipinski definition) is 2. The van der Waals surface area contributed by atoms with E-state index in [1.165, 1.54) is 12.1 Å². The SMILES string of the molecule is O=C(NCCc1nc2ccc([N+](=O)[O-])cc2[nH]1)OCc1ccccc1. The van der Waals surface area contributed by atoms with Gasteiger partial charge in [0.15, 0.2) is 0 Å². The molecule has 3 rings (SSSR count). The first-order valence-electron chi connectivity index (χ1n) is 7.69. The van der Waals surface area contributed by atoms with E-state index in [-0.39, 0.29) is 12.3 Å². The minimum absolute atomic E-state index is 0.00492. The molecule has 0 bridgehead atoms. The molecule has 0 aliphatic heterocycles. The molecule has 25 heavy (non-hydrogen) atoms. The van der Waals surface area contributed by atoms with Gasteiger partial charge in [-0.1, -0.05) is 30.3 Å². The number of carbonyl (C=O) groups is 1. The first kappa shape index (κ1) is 16.4. The van der Waals surface area contributed by atoms with Gasteiger partial charge in [-0.3, -0.25) is 10.1 Å². The smallest absolute Gasteiger partial charge is 0.407 e. The quantitative estimate of drug-likeness (QED) is 0.529. The van der Waals surface area contributed by atoms with Crippen molar-refractivity contribution in [3.8, 4) is 0 Å². The van der Waals surface area contributed by atoms with Crippen molar-refractivity contribution in [2.45, 2.75) is 13.0 Å². The average molecular weight is 340 g/mol. The number of aromatic nitrogens is 2. The Kier molecular flexibility index (Phi) is 4.89. The van der Waals surface area contributed by atoms with Crippen LogP contribution >= 0.6 is 0 Å². The van der Waals surface area contributed by atoms with Gasteiger partial charge in [0.2, 0.25) is 0 Å². The predicted octanol–water partition coefficient (Wildman–Crippen LogP) is 2.94. The molecule has 3 aromatic rings. The summed E-state index contributed by atoms with van der Waals surface area (Å²) in [6.07, 6.45) is -0.0428. The number of nitro benzene ring substituents is 1. The molecule has 0 fully saturated rings. The number of nitro groups is 1. The lowest BCUT2D eigenvalue weighted by Crippen LogP contribution is -2.26. The Bertz CT molecular complexity index is 892. The van der Waals surface area contributed by atoms with E-state index in [1.807, 2.05) is 30.3 Å². The van der Waals surface area contributed by atoms with Crippen LogP contribution in [0.3, 0.4) is 0 Å².